The van der Waals surface area contributed by atoms with Crippen LogP contribution in [0, 0.1) is 21.4 Å². The van der Waals surface area contributed by atoms with E-state index in [2.05, 4.69) is 32.6 Å². The first-order valence-corrected chi connectivity index (χ1v) is 9.14. The van der Waals surface area contributed by atoms with Crippen LogP contribution in [0.3, 0.4) is 0 Å². The van der Waals surface area contributed by atoms with E-state index in [4.69, 9.17) is 14.0 Å². The van der Waals surface area contributed by atoms with Crippen LogP contribution in [0.5, 0.6) is 0 Å². The quantitative estimate of drug-likeness (QED) is 0.465. The molecule has 1 aromatic rings. The van der Waals surface area contributed by atoms with Gasteiger partial charge in [0.1, 0.15) is 5.69 Å². The van der Waals surface area contributed by atoms with Crippen LogP contribution in [0.15, 0.2) is 18.2 Å². The molecule has 0 amide bonds. The molecule has 0 aromatic heterocycles. The number of nitrogens with zero attached hydrogens (tertiary/aromatic N) is 2. The molecule has 142 valence electrons. The largest absolute Gasteiger partial charge is 0.494 e. The summed E-state index contributed by atoms with van der Waals surface area (Å²) < 4.78 is 17.1. The SMILES string of the molecule is CC(C)[C@H]1COCCN1c1ccc(B2OCC(C)(C)CO2)cc1[N+](=O)[O-]. The van der Waals surface area contributed by atoms with Crippen LogP contribution in [0.2, 0.25) is 0 Å². The standard InChI is InChI=1S/C18H27BN2O5/c1-13(2)17-10-24-8-7-20(17)15-6-5-14(9-16(15)21(22)23)19-25-11-18(3,4)12-26-19/h5-6,9,13,17H,7-8,10-12H2,1-4H3/t17-/m1/s1. The third-order valence-corrected chi connectivity index (χ3v) is 4.96. The van der Waals surface area contributed by atoms with Gasteiger partial charge in [0.15, 0.2) is 0 Å². The van der Waals surface area contributed by atoms with Crippen LogP contribution < -0.4 is 10.4 Å². The molecule has 7 nitrogen and oxygen atoms in total. The van der Waals surface area contributed by atoms with Gasteiger partial charge >= 0.3 is 7.12 Å². The Hall–Kier alpha value is -1.64. The van der Waals surface area contributed by atoms with Crippen molar-refractivity contribution in [2.75, 3.05) is 37.9 Å². The molecule has 0 aliphatic carbocycles. The van der Waals surface area contributed by atoms with Crippen LogP contribution in [0.4, 0.5) is 11.4 Å². The van der Waals surface area contributed by atoms with Crippen LogP contribution in [0.1, 0.15) is 27.7 Å². The number of anilines is 1. The van der Waals surface area contributed by atoms with Gasteiger partial charge < -0.3 is 18.9 Å². The molecular formula is C18H27BN2O5. The molecule has 0 bridgehead atoms. The fourth-order valence-corrected chi connectivity index (χ4v) is 3.44. The maximum Gasteiger partial charge on any atom is 0.494 e. The summed E-state index contributed by atoms with van der Waals surface area (Å²) >= 11 is 0. The van der Waals surface area contributed by atoms with Gasteiger partial charge in [-0.25, -0.2) is 0 Å². The average molecular weight is 362 g/mol. The second-order valence-electron chi connectivity index (χ2n) is 8.20. The smallest absolute Gasteiger partial charge is 0.407 e. The summed E-state index contributed by atoms with van der Waals surface area (Å²) in [5, 5.41) is 11.7. The van der Waals surface area contributed by atoms with Crippen LogP contribution in [0.25, 0.3) is 0 Å². The van der Waals surface area contributed by atoms with Crippen LogP contribution >= 0.6 is 0 Å². The van der Waals surface area contributed by atoms with Crippen molar-refractivity contribution in [2.24, 2.45) is 11.3 Å². The highest BCUT2D eigenvalue weighted by Crippen LogP contribution is 2.32. The zero-order chi connectivity index (χ0) is 18.9. The Morgan fingerprint density at radius 2 is 2.00 bits per heavy atom. The van der Waals surface area contributed by atoms with E-state index >= 15 is 0 Å². The highest BCUT2D eigenvalue weighted by atomic mass is 16.6. The topological polar surface area (TPSA) is 74.1 Å². The molecule has 2 saturated heterocycles. The molecule has 0 N–H and O–H groups in total. The molecule has 0 unspecified atom stereocenters. The van der Waals surface area contributed by atoms with E-state index < -0.39 is 7.12 Å². The normalized spacial score (nSPS) is 23.3. The average Bonchev–Trinajstić information content (AvgIpc) is 2.61. The summed E-state index contributed by atoms with van der Waals surface area (Å²) in [6.07, 6.45) is 0. The van der Waals surface area contributed by atoms with E-state index in [-0.39, 0.29) is 22.1 Å². The minimum Gasteiger partial charge on any atom is -0.407 e. The lowest BCUT2D eigenvalue weighted by atomic mass is 9.75. The summed E-state index contributed by atoms with van der Waals surface area (Å²) in [6, 6.07) is 5.40. The molecule has 3 rings (SSSR count). The number of hydrogen-bond acceptors (Lipinski definition) is 6. The van der Waals surface area contributed by atoms with Gasteiger partial charge in [0, 0.05) is 31.2 Å². The van der Waals surface area contributed by atoms with Gasteiger partial charge in [0.25, 0.3) is 5.69 Å². The zero-order valence-electron chi connectivity index (χ0n) is 15.9. The van der Waals surface area contributed by atoms with E-state index in [0.29, 0.717) is 50.0 Å². The molecule has 26 heavy (non-hydrogen) atoms. The minimum atomic E-state index is -0.554. The summed E-state index contributed by atoms with van der Waals surface area (Å²) in [4.78, 5) is 13.5. The second kappa shape index (κ2) is 7.54. The Morgan fingerprint density at radius 1 is 1.31 bits per heavy atom. The highest BCUT2D eigenvalue weighted by molar-refractivity contribution is 6.61. The summed E-state index contributed by atoms with van der Waals surface area (Å²) in [5.74, 6) is 0.335. The van der Waals surface area contributed by atoms with Crippen molar-refractivity contribution in [3.05, 3.63) is 28.3 Å². The third kappa shape index (κ3) is 4.02. The fraction of sp³-hybridized carbons (Fsp3) is 0.667. The van der Waals surface area contributed by atoms with Gasteiger partial charge in [-0.3, -0.25) is 10.1 Å². The molecule has 0 saturated carbocycles. The lowest BCUT2D eigenvalue weighted by molar-refractivity contribution is -0.384. The van der Waals surface area contributed by atoms with Gasteiger partial charge in [-0.2, -0.15) is 0 Å². The molecule has 2 aliphatic rings. The van der Waals surface area contributed by atoms with Gasteiger partial charge in [-0.05, 0) is 17.4 Å². The predicted molar refractivity (Wildman–Crippen MR) is 101 cm³/mol. The van der Waals surface area contributed by atoms with E-state index in [1.807, 2.05) is 12.1 Å². The monoisotopic (exact) mass is 362 g/mol. The minimum absolute atomic E-state index is 0.0410. The van der Waals surface area contributed by atoms with Gasteiger partial charge in [0.2, 0.25) is 0 Å². The predicted octanol–water partition coefficient (Wildman–Crippen LogP) is 2.22. The number of ether oxygens (including phenoxy) is 1. The van der Waals surface area contributed by atoms with Crippen molar-refractivity contribution in [3.8, 4) is 0 Å². The van der Waals surface area contributed by atoms with Crippen molar-refractivity contribution in [1.82, 2.24) is 0 Å². The molecule has 2 fully saturated rings. The maximum atomic E-state index is 11.7. The van der Waals surface area contributed by atoms with Crippen molar-refractivity contribution in [3.63, 3.8) is 0 Å². The van der Waals surface area contributed by atoms with Crippen molar-refractivity contribution in [1.29, 1.82) is 0 Å². The lowest BCUT2D eigenvalue weighted by Crippen LogP contribution is -2.49. The van der Waals surface area contributed by atoms with Gasteiger partial charge in [-0.15, -0.1) is 0 Å². The number of nitro benzene ring substituents is 1. The summed E-state index contributed by atoms with van der Waals surface area (Å²) in [5.41, 5.74) is 1.37. The Morgan fingerprint density at radius 3 is 2.62 bits per heavy atom. The number of nitro groups is 1. The number of morpholine rings is 1. The number of rotatable bonds is 4. The fourth-order valence-electron chi connectivity index (χ4n) is 3.44. The first kappa shape index (κ1) is 19.1. The van der Waals surface area contributed by atoms with Crippen molar-refractivity contribution in [2.45, 2.75) is 33.7 Å². The van der Waals surface area contributed by atoms with E-state index in [1.54, 1.807) is 6.07 Å². The third-order valence-electron chi connectivity index (χ3n) is 4.96. The van der Waals surface area contributed by atoms with Gasteiger partial charge in [-0.1, -0.05) is 33.8 Å². The Bertz CT molecular complexity index is 657. The zero-order valence-corrected chi connectivity index (χ0v) is 15.9. The summed E-state index contributed by atoms with van der Waals surface area (Å²) in [6.45, 7) is 11.3. The first-order valence-electron chi connectivity index (χ1n) is 9.14. The Balaban J connectivity index is 1.89. The van der Waals surface area contributed by atoms with Crippen molar-refractivity contribution >= 4 is 24.0 Å². The molecule has 0 spiro atoms. The van der Waals surface area contributed by atoms with E-state index in [1.165, 1.54) is 0 Å². The molecule has 8 heteroatoms. The lowest BCUT2D eigenvalue weighted by Gasteiger charge is -2.39. The van der Waals surface area contributed by atoms with Gasteiger partial charge in [0.05, 0.1) is 24.2 Å². The highest BCUT2D eigenvalue weighted by Gasteiger charge is 2.36. The molecule has 2 aliphatic heterocycles. The van der Waals surface area contributed by atoms with Crippen LogP contribution in [-0.4, -0.2) is 51.1 Å². The molecular weight excluding hydrogens is 335 g/mol. The molecule has 0 radical (unpaired) electrons. The Labute approximate surface area is 154 Å². The summed E-state index contributed by atoms with van der Waals surface area (Å²) in [7, 11) is -0.554. The molecule has 1 aromatic carbocycles. The van der Waals surface area contributed by atoms with E-state index in [0.717, 1.165) is 0 Å². The Kier molecular flexibility index (Phi) is 5.55. The maximum absolute atomic E-state index is 11.7. The molecule has 2 heterocycles. The molecule has 1 atom stereocenters. The second-order valence-corrected chi connectivity index (χ2v) is 8.20. The van der Waals surface area contributed by atoms with Crippen LogP contribution in [-0.2, 0) is 14.0 Å². The number of benzene rings is 1. The first-order chi connectivity index (χ1) is 12.3. The van der Waals surface area contributed by atoms with Crippen molar-refractivity contribution < 1.29 is 19.0 Å². The number of hydrogen-bond donors (Lipinski definition) is 0. The van der Waals surface area contributed by atoms with E-state index in [9.17, 15) is 10.1 Å².